The average molecular weight is 300 g/mol. The van der Waals surface area contributed by atoms with E-state index < -0.39 is 0 Å². The lowest BCUT2D eigenvalue weighted by Gasteiger charge is -2.25. The van der Waals surface area contributed by atoms with Crippen molar-refractivity contribution in [2.75, 3.05) is 13.2 Å². The highest BCUT2D eigenvalue weighted by Crippen LogP contribution is 2.29. The third-order valence-electron chi connectivity index (χ3n) is 4.99. The summed E-state index contributed by atoms with van der Waals surface area (Å²) in [6.07, 6.45) is 5.68. The van der Waals surface area contributed by atoms with E-state index in [-0.39, 0.29) is 12.0 Å². The molecular weight excluding hydrogens is 272 g/mol. The van der Waals surface area contributed by atoms with Gasteiger partial charge in [0.25, 0.3) is 0 Å². The molecular formula is C19H28N2O. The van der Waals surface area contributed by atoms with Crippen LogP contribution >= 0.6 is 0 Å². The fourth-order valence-electron chi connectivity index (χ4n) is 3.50. The van der Waals surface area contributed by atoms with Crippen LogP contribution in [-0.4, -0.2) is 29.3 Å². The largest absolute Gasteiger partial charge is 0.396 e. The molecule has 0 fully saturated rings. The zero-order chi connectivity index (χ0) is 15.6. The van der Waals surface area contributed by atoms with Crippen molar-refractivity contribution < 1.29 is 5.11 Å². The molecule has 1 atom stereocenters. The molecule has 1 heterocycles. The summed E-state index contributed by atoms with van der Waals surface area (Å²) < 4.78 is 0. The number of aliphatic hydroxyl groups excluding tert-OH is 1. The number of aliphatic hydroxyl groups is 1. The molecule has 1 aromatic heterocycles. The minimum atomic E-state index is 0.0538. The summed E-state index contributed by atoms with van der Waals surface area (Å²) in [6.45, 7) is 5.58. The van der Waals surface area contributed by atoms with Crippen molar-refractivity contribution in [2.24, 2.45) is 5.41 Å². The first-order valence-electron chi connectivity index (χ1n) is 8.52. The second kappa shape index (κ2) is 6.43. The van der Waals surface area contributed by atoms with Crippen molar-refractivity contribution in [1.29, 1.82) is 0 Å². The van der Waals surface area contributed by atoms with Crippen molar-refractivity contribution in [3.8, 4) is 0 Å². The van der Waals surface area contributed by atoms with Crippen LogP contribution in [0, 0.1) is 5.41 Å². The molecule has 0 bridgehead atoms. The summed E-state index contributed by atoms with van der Waals surface area (Å²) in [6, 6.07) is 9.22. The van der Waals surface area contributed by atoms with Gasteiger partial charge < -0.3 is 15.4 Å². The number of para-hydroxylation sites is 1. The first kappa shape index (κ1) is 15.6. The normalized spacial score (nSPS) is 18.6. The molecule has 2 aromatic rings. The van der Waals surface area contributed by atoms with Gasteiger partial charge in [0.05, 0.1) is 0 Å². The molecule has 22 heavy (non-hydrogen) atoms. The Hall–Kier alpha value is -1.32. The maximum atomic E-state index is 9.30. The van der Waals surface area contributed by atoms with Crippen LogP contribution in [0.1, 0.15) is 44.4 Å². The molecule has 1 unspecified atom stereocenters. The molecule has 3 N–H and O–H groups in total. The van der Waals surface area contributed by atoms with Crippen LogP contribution in [0.15, 0.2) is 24.3 Å². The SMILES string of the molecule is CC(C)(CO)CCCNC1CCc2[nH]c3ccccc3c2C1. The minimum Gasteiger partial charge on any atom is -0.396 e. The molecule has 3 heteroatoms. The molecule has 0 aliphatic heterocycles. The summed E-state index contributed by atoms with van der Waals surface area (Å²) in [4.78, 5) is 3.58. The Morgan fingerprint density at radius 2 is 2.14 bits per heavy atom. The Morgan fingerprint density at radius 3 is 2.95 bits per heavy atom. The Morgan fingerprint density at radius 1 is 1.32 bits per heavy atom. The van der Waals surface area contributed by atoms with Gasteiger partial charge in [-0.2, -0.15) is 0 Å². The quantitative estimate of drug-likeness (QED) is 0.716. The van der Waals surface area contributed by atoms with Crippen molar-refractivity contribution in [2.45, 2.75) is 52.0 Å². The number of aromatic nitrogens is 1. The highest BCUT2D eigenvalue weighted by Gasteiger charge is 2.22. The molecule has 120 valence electrons. The third kappa shape index (κ3) is 3.36. The van der Waals surface area contributed by atoms with Gasteiger partial charge in [-0.3, -0.25) is 0 Å². The van der Waals surface area contributed by atoms with Gasteiger partial charge in [0.15, 0.2) is 0 Å². The average Bonchev–Trinajstić information content (AvgIpc) is 2.90. The topological polar surface area (TPSA) is 48.0 Å². The van der Waals surface area contributed by atoms with Crippen LogP contribution in [0.25, 0.3) is 10.9 Å². The Balaban J connectivity index is 1.56. The lowest BCUT2D eigenvalue weighted by atomic mass is 9.88. The highest BCUT2D eigenvalue weighted by atomic mass is 16.3. The second-order valence-corrected chi connectivity index (χ2v) is 7.45. The van der Waals surface area contributed by atoms with E-state index >= 15 is 0 Å². The lowest BCUT2D eigenvalue weighted by molar-refractivity contribution is 0.147. The van der Waals surface area contributed by atoms with Gasteiger partial charge in [0.2, 0.25) is 0 Å². The zero-order valence-electron chi connectivity index (χ0n) is 13.8. The second-order valence-electron chi connectivity index (χ2n) is 7.45. The van der Waals surface area contributed by atoms with Gasteiger partial charge >= 0.3 is 0 Å². The molecule has 1 aromatic carbocycles. The predicted octanol–water partition coefficient (Wildman–Crippen LogP) is 3.41. The van der Waals surface area contributed by atoms with Gasteiger partial charge in [-0.15, -0.1) is 0 Å². The summed E-state index contributed by atoms with van der Waals surface area (Å²) >= 11 is 0. The molecule has 0 saturated heterocycles. The lowest BCUT2D eigenvalue weighted by Crippen LogP contribution is -2.35. The number of aryl methyl sites for hydroxylation is 1. The van der Waals surface area contributed by atoms with Crippen LogP contribution < -0.4 is 5.32 Å². The maximum Gasteiger partial charge on any atom is 0.0482 e. The third-order valence-corrected chi connectivity index (χ3v) is 4.99. The first-order chi connectivity index (χ1) is 10.6. The van der Waals surface area contributed by atoms with Gasteiger partial charge in [0.1, 0.15) is 0 Å². The fourth-order valence-corrected chi connectivity index (χ4v) is 3.50. The van der Waals surface area contributed by atoms with E-state index in [1.807, 2.05) is 0 Å². The predicted molar refractivity (Wildman–Crippen MR) is 92.2 cm³/mol. The smallest absolute Gasteiger partial charge is 0.0482 e. The molecule has 0 spiro atoms. The van der Waals surface area contributed by atoms with Gasteiger partial charge in [-0.1, -0.05) is 32.0 Å². The van der Waals surface area contributed by atoms with Gasteiger partial charge in [-0.25, -0.2) is 0 Å². The van der Waals surface area contributed by atoms with E-state index in [1.165, 1.54) is 28.6 Å². The van der Waals surface area contributed by atoms with Gasteiger partial charge in [0, 0.05) is 29.2 Å². The summed E-state index contributed by atoms with van der Waals surface area (Å²) in [5, 5.41) is 14.4. The molecule has 0 saturated carbocycles. The van der Waals surface area contributed by atoms with E-state index in [9.17, 15) is 5.11 Å². The molecule has 3 rings (SSSR count). The molecule has 1 aliphatic carbocycles. The Kier molecular flexibility index (Phi) is 4.55. The van der Waals surface area contributed by atoms with Crippen molar-refractivity contribution in [3.63, 3.8) is 0 Å². The van der Waals surface area contributed by atoms with Crippen molar-refractivity contribution in [1.82, 2.24) is 10.3 Å². The number of hydrogen-bond donors (Lipinski definition) is 3. The number of aromatic amines is 1. The summed E-state index contributed by atoms with van der Waals surface area (Å²) in [7, 11) is 0. The minimum absolute atomic E-state index is 0.0538. The molecule has 3 nitrogen and oxygen atoms in total. The molecule has 0 amide bonds. The number of hydrogen-bond acceptors (Lipinski definition) is 2. The number of benzene rings is 1. The van der Waals surface area contributed by atoms with E-state index in [2.05, 4.69) is 48.4 Å². The zero-order valence-corrected chi connectivity index (χ0v) is 13.8. The standard InChI is InChI=1S/C19H28N2O/c1-19(2,13-22)10-5-11-20-14-8-9-18-16(12-14)15-6-3-4-7-17(15)21-18/h3-4,6-7,14,20-22H,5,8-13H2,1-2H3. The van der Waals surface area contributed by atoms with Crippen molar-refractivity contribution in [3.05, 3.63) is 35.5 Å². The maximum absolute atomic E-state index is 9.30. The van der Waals surface area contributed by atoms with Crippen LogP contribution in [0.3, 0.4) is 0 Å². The van der Waals surface area contributed by atoms with Crippen LogP contribution in [0.5, 0.6) is 0 Å². The number of rotatable bonds is 6. The first-order valence-corrected chi connectivity index (χ1v) is 8.52. The van der Waals surface area contributed by atoms with Gasteiger partial charge in [-0.05, 0) is 55.7 Å². The van der Waals surface area contributed by atoms with Crippen LogP contribution in [-0.2, 0) is 12.8 Å². The Bertz CT molecular complexity index is 629. The summed E-state index contributed by atoms with van der Waals surface area (Å²) in [5.74, 6) is 0. The van der Waals surface area contributed by atoms with E-state index in [4.69, 9.17) is 0 Å². The van der Waals surface area contributed by atoms with Crippen LogP contribution in [0.4, 0.5) is 0 Å². The van der Waals surface area contributed by atoms with E-state index in [1.54, 1.807) is 0 Å². The molecule has 1 aliphatic rings. The monoisotopic (exact) mass is 300 g/mol. The summed E-state index contributed by atoms with van der Waals surface area (Å²) in [5.41, 5.74) is 4.27. The fraction of sp³-hybridized carbons (Fsp3) is 0.579. The van der Waals surface area contributed by atoms with Crippen molar-refractivity contribution >= 4 is 10.9 Å². The number of nitrogens with one attached hydrogen (secondary N) is 2. The highest BCUT2D eigenvalue weighted by molar-refractivity contribution is 5.84. The number of fused-ring (bicyclic) bond motifs is 3. The van der Waals surface area contributed by atoms with E-state index in [0.29, 0.717) is 6.04 Å². The van der Waals surface area contributed by atoms with Crippen LogP contribution in [0.2, 0.25) is 0 Å². The van der Waals surface area contributed by atoms with E-state index in [0.717, 1.165) is 32.2 Å². The number of H-pyrrole nitrogens is 1. The molecule has 0 radical (unpaired) electrons. The Labute approximate surface area is 133 Å².